The normalized spacial score (nSPS) is 11.8. The lowest BCUT2D eigenvalue weighted by Gasteiger charge is -2.05. The average molecular weight is 399 g/mol. The van der Waals surface area contributed by atoms with Crippen molar-refractivity contribution < 1.29 is 12.9 Å². The van der Waals surface area contributed by atoms with Crippen molar-refractivity contribution >= 4 is 62.4 Å². The number of nitrogens with one attached hydrogen (secondary N) is 1. The van der Waals surface area contributed by atoms with Gasteiger partial charge in [0.25, 0.3) is 15.9 Å². The van der Waals surface area contributed by atoms with Gasteiger partial charge in [0, 0.05) is 0 Å². The zero-order valence-electron chi connectivity index (χ0n) is 12.2. The Balaban J connectivity index is 2.37. The number of thiophene rings is 1. The van der Waals surface area contributed by atoms with Crippen LogP contribution in [0.2, 0.25) is 5.02 Å². The number of rotatable bonds is 7. The highest BCUT2D eigenvalue weighted by Gasteiger charge is 2.25. The standard InChI is InChI=1S/C12H15ClN2O3S4/c1-4-19-9-6-8(12(21-9)20-5-2)22(16,17)15-11-10(13)7(3)14-18-11/h6,15H,4-5H2,1-3H3. The maximum absolute atomic E-state index is 12.6. The second-order valence-corrected chi connectivity index (χ2v) is 10.3. The zero-order chi connectivity index (χ0) is 16.3. The van der Waals surface area contributed by atoms with Crippen molar-refractivity contribution in [3.63, 3.8) is 0 Å². The number of thioether (sulfide) groups is 2. The number of hydrogen-bond donors (Lipinski definition) is 1. The van der Waals surface area contributed by atoms with Crippen LogP contribution in [-0.4, -0.2) is 25.1 Å². The molecule has 0 saturated carbocycles. The molecule has 2 rings (SSSR count). The summed E-state index contributed by atoms with van der Waals surface area (Å²) in [6, 6.07) is 1.69. The predicted octanol–water partition coefficient (Wildman–Crippen LogP) is 4.72. The minimum absolute atomic E-state index is 0.0532. The molecule has 2 aromatic rings. The summed E-state index contributed by atoms with van der Waals surface area (Å²) in [5.74, 6) is 1.63. The molecule has 0 aliphatic heterocycles. The number of anilines is 1. The smallest absolute Gasteiger partial charge is 0.266 e. The largest absolute Gasteiger partial charge is 0.336 e. The lowest BCUT2D eigenvalue weighted by Crippen LogP contribution is -2.12. The van der Waals surface area contributed by atoms with Crippen LogP contribution in [0.1, 0.15) is 19.5 Å². The lowest BCUT2D eigenvalue weighted by atomic mass is 10.5. The van der Waals surface area contributed by atoms with Crippen LogP contribution in [0.25, 0.3) is 0 Å². The Kier molecular flexibility index (Phi) is 6.12. The molecule has 0 bridgehead atoms. The summed E-state index contributed by atoms with van der Waals surface area (Å²) >= 11 is 10.6. The van der Waals surface area contributed by atoms with Gasteiger partial charge in [-0.2, -0.15) is 0 Å². The molecule has 0 radical (unpaired) electrons. The van der Waals surface area contributed by atoms with Crippen molar-refractivity contribution in [1.29, 1.82) is 0 Å². The van der Waals surface area contributed by atoms with Gasteiger partial charge in [-0.1, -0.05) is 30.6 Å². The van der Waals surface area contributed by atoms with Crippen molar-refractivity contribution in [2.75, 3.05) is 16.2 Å². The first kappa shape index (κ1) is 18.0. The van der Waals surface area contributed by atoms with Gasteiger partial charge >= 0.3 is 0 Å². The fraction of sp³-hybridized carbons (Fsp3) is 0.417. The maximum Gasteiger partial charge on any atom is 0.266 e. The van der Waals surface area contributed by atoms with Crippen LogP contribution < -0.4 is 4.72 Å². The van der Waals surface area contributed by atoms with Crippen LogP contribution in [0.15, 0.2) is 23.9 Å². The third-order valence-electron chi connectivity index (χ3n) is 2.51. The summed E-state index contributed by atoms with van der Waals surface area (Å²) in [7, 11) is -3.76. The minimum Gasteiger partial charge on any atom is -0.336 e. The molecule has 0 fully saturated rings. The monoisotopic (exact) mass is 398 g/mol. The van der Waals surface area contributed by atoms with Gasteiger partial charge in [0.2, 0.25) is 0 Å². The number of sulfonamides is 1. The Labute approximate surface area is 147 Å². The van der Waals surface area contributed by atoms with E-state index in [9.17, 15) is 8.42 Å². The predicted molar refractivity (Wildman–Crippen MR) is 94.2 cm³/mol. The quantitative estimate of drug-likeness (QED) is 0.680. The first-order chi connectivity index (χ1) is 10.4. The van der Waals surface area contributed by atoms with E-state index in [0.717, 1.165) is 19.9 Å². The molecule has 10 heteroatoms. The Hall–Kier alpha value is -0.350. The molecule has 0 aliphatic carbocycles. The van der Waals surface area contributed by atoms with E-state index in [1.807, 2.05) is 13.8 Å². The van der Waals surface area contributed by atoms with Crippen molar-refractivity contribution in [2.24, 2.45) is 0 Å². The maximum atomic E-state index is 12.6. The van der Waals surface area contributed by atoms with Gasteiger partial charge in [-0.05, 0) is 24.5 Å². The van der Waals surface area contributed by atoms with Crippen LogP contribution >= 0.6 is 46.5 Å². The topological polar surface area (TPSA) is 72.2 Å². The number of nitrogens with zero attached hydrogens (tertiary/aromatic N) is 1. The molecule has 0 unspecified atom stereocenters. The molecule has 0 amide bonds. The Morgan fingerprint density at radius 3 is 2.59 bits per heavy atom. The first-order valence-electron chi connectivity index (χ1n) is 6.43. The van der Waals surface area contributed by atoms with Crippen molar-refractivity contribution in [1.82, 2.24) is 5.16 Å². The van der Waals surface area contributed by atoms with Gasteiger partial charge in [0.1, 0.15) is 15.6 Å². The van der Waals surface area contributed by atoms with Crippen LogP contribution in [0, 0.1) is 6.92 Å². The van der Waals surface area contributed by atoms with E-state index >= 15 is 0 Å². The van der Waals surface area contributed by atoms with Gasteiger partial charge in [-0.25, -0.2) is 13.1 Å². The molecule has 0 aliphatic rings. The molecule has 5 nitrogen and oxygen atoms in total. The Morgan fingerprint density at radius 2 is 2.05 bits per heavy atom. The molecule has 2 aromatic heterocycles. The van der Waals surface area contributed by atoms with Gasteiger partial charge in [-0.15, -0.1) is 34.9 Å². The molecule has 2 heterocycles. The fourth-order valence-electron chi connectivity index (χ4n) is 1.57. The van der Waals surface area contributed by atoms with E-state index in [2.05, 4.69) is 9.88 Å². The summed E-state index contributed by atoms with van der Waals surface area (Å²) in [5, 5.41) is 3.82. The molecular weight excluding hydrogens is 384 g/mol. The zero-order valence-corrected chi connectivity index (χ0v) is 16.2. The molecule has 0 spiro atoms. The summed E-state index contributed by atoms with van der Waals surface area (Å²) in [6.07, 6.45) is 0. The molecular formula is C12H15ClN2O3S4. The van der Waals surface area contributed by atoms with Gasteiger partial charge in [0.05, 0.1) is 8.42 Å². The highest BCUT2D eigenvalue weighted by atomic mass is 35.5. The highest BCUT2D eigenvalue weighted by Crippen LogP contribution is 2.40. The number of hydrogen-bond acceptors (Lipinski definition) is 7. The van der Waals surface area contributed by atoms with Crippen LogP contribution in [-0.2, 0) is 10.0 Å². The van der Waals surface area contributed by atoms with E-state index in [4.69, 9.17) is 16.1 Å². The summed E-state index contributed by atoms with van der Waals surface area (Å²) in [6.45, 7) is 5.65. The second-order valence-electron chi connectivity index (χ2n) is 4.10. The second kappa shape index (κ2) is 7.48. The fourth-order valence-corrected chi connectivity index (χ4v) is 7.16. The summed E-state index contributed by atoms with van der Waals surface area (Å²) in [5.41, 5.74) is 0.440. The van der Waals surface area contributed by atoms with Gasteiger partial charge in [-0.3, -0.25) is 0 Å². The SMILES string of the molecule is CCSc1cc(S(=O)(=O)Nc2onc(C)c2Cl)c(SCC)s1. The van der Waals surface area contributed by atoms with Crippen LogP contribution in [0.3, 0.4) is 0 Å². The summed E-state index contributed by atoms with van der Waals surface area (Å²) < 4.78 is 34.2. The first-order valence-corrected chi connectivity index (χ1v) is 11.1. The van der Waals surface area contributed by atoms with Crippen molar-refractivity contribution in [3.05, 3.63) is 16.8 Å². The van der Waals surface area contributed by atoms with Gasteiger partial charge < -0.3 is 4.52 Å². The van der Waals surface area contributed by atoms with Crippen LogP contribution in [0.4, 0.5) is 5.88 Å². The average Bonchev–Trinajstić information content (AvgIpc) is 2.99. The molecule has 1 N–H and O–H groups in total. The third kappa shape index (κ3) is 3.94. The molecule has 122 valence electrons. The van der Waals surface area contributed by atoms with Crippen molar-refractivity contribution in [3.8, 4) is 0 Å². The molecule has 0 atom stereocenters. The van der Waals surface area contributed by atoms with E-state index in [1.54, 1.807) is 24.8 Å². The van der Waals surface area contributed by atoms with Crippen molar-refractivity contribution in [2.45, 2.75) is 34.1 Å². The molecule has 22 heavy (non-hydrogen) atoms. The van der Waals surface area contributed by atoms with E-state index in [0.29, 0.717) is 5.69 Å². The Bertz CT molecular complexity index is 755. The lowest BCUT2D eigenvalue weighted by molar-refractivity contribution is 0.430. The number of halogens is 1. The molecule has 0 saturated heterocycles. The van der Waals surface area contributed by atoms with E-state index < -0.39 is 10.0 Å². The van der Waals surface area contributed by atoms with Gasteiger partial charge in [0.15, 0.2) is 0 Å². The molecule has 0 aromatic carbocycles. The number of aryl methyl sites for hydroxylation is 1. The Morgan fingerprint density at radius 1 is 1.36 bits per heavy atom. The minimum atomic E-state index is -3.76. The highest BCUT2D eigenvalue weighted by molar-refractivity contribution is 8.04. The van der Waals surface area contributed by atoms with E-state index in [1.165, 1.54) is 23.1 Å². The van der Waals surface area contributed by atoms with E-state index in [-0.39, 0.29) is 15.8 Å². The summed E-state index contributed by atoms with van der Waals surface area (Å²) in [4.78, 5) is 0.255. The third-order valence-corrected chi connectivity index (χ3v) is 7.96. The number of aromatic nitrogens is 1. The van der Waals surface area contributed by atoms with Crippen LogP contribution in [0.5, 0.6) is 0 Å².